The van der Waals surface area contributed by atoms with Crippen LogP contribution in [0.5, 0.6) is 0 Å². The van der Waals surface area contributed by atoms with E-state index in [0.717, 1.165) is 5.56 Å². The maximum absolute atomic E-state index is 11.6. The molecule has 0 bridgehead atoms. The second kappa shape index (κ2) is 5.84. The largest absolute Gasteiger partial charge is 0.481 e. The Hall–Kier alpha value is -1.88. The molecular weight excluding hydrogens is 246 g/mol. The van der Waals surface area contributed by atoms with Crippen LogP contribution in [0.2, 0.25) is 0 Å². The first-order valence-electron chi connectivity index (χ1n) is 6.18. The molecule has 1 aromatic rings. The standard InChI is InChI=1S/C14H17NO4/c1-19-14(18)12-9-15(8-11(12)13(16)17)7-10-5-3-2-4-6-10/h2-6,11-12H,7-9H2,1H3,(H,16,17)/t11-,12-/m0/s1. The Morgan fingerprint density at radius 2 is 1.89 bits per heavy atom. The molecule has 0 radical (unpaired) electrons. The Bertz CT molecular complexity index is 460. The van der Waals surface area contributed by atoms with Crippen molar-refractivity contribution in [2.75, 3.05) is 20.2 Å². The highest BCUT2D eigenvalue weighted by Crippen LogP contribution is 2.26. The number of carbonyl (C=O) groups excluding carboxylic acids is 1. The minimum Gasteiger partial charge on any atom is -0.481 e. The van der Waals surface area contributed by atoms with Gasteiger partial charge in [0.1, 0.15) is 0 Å². The lowest BCUT2D eigenvalue weighted by Crippen LogP contribution is -2.29. The van der Waals surface area contributed by atoms with Crippen LogP contribution in [0.15, 0.2) is 30.3 Å². The fourth-order valence-electron chi connectivity index (χ4n) is 2.50. The fourth-order valence-corrected chi connectivity index (χ4v) is 2.50. The Labute approximate surface area is 111 Å². The molecule has 19 heavy (non-hydrogen) atoms. The van der Waals surface area contributed by atoms with E-state index >= 15 is 0 Å². The molecule has 1 aromatic carbocycles. The number of hydrogen-bond donors (Lipinski definition) is 1. The molecule has 0 spiro atoms. The molecule has 1 aliphatic heterocycles. The van der Waals surface area contributed by atoms with Crippen LogP contribution in [-0.2, 0) is 20.9 Å². The predicted octanol–water partition coefficient (Wildman–Crippen LogP) is 0.992. The quantitative estimate of drug-likeness (QED) is 0.821. The van der Waals surface area contributed by atoms with E-state index in [1.54, 1.807) is 0 Å². The van der Waals surface area contributed by atoms with E-state index in [2.05, 4.69) is 4.74 Å². The molecule has 102 valence electrons. The van der Waals surface area contributed by atoms with Crippen LogP contribution in [-0.4, -0.2) is 42.1 Å². The molecule has 2 atom stereocenters. The minimum atomic E-state index is -0.939. The average Bonchev–Trinajstić information content (AvgIpc) is 2.83. The molecule has 5 nitrogen and oxygen atoms in total. The molecule has 5 heteroatoms. The third-order valence-corrected chi connectivity index (χ3v) is 3.47. The predicted molar refractivity (Wildman–Crippen MR) is 68.4 cm³/mol. The summed E-state index contributed by atoms with van der Waals surface area (Å²) < 4.78 is 4.68. The normalized spacial score (nSPS) is 23.2. The number of carbonyl (C=O) groups is 2. The van der Waals surface area contributed by atoms with Crippen molar-refractivity contribution < 1.29 is 19.4 Å². The van der Waals surface area contributed by atoms with Crippen LogP contribution in [0, 0.1) is 11.8 Å². The lowest BCUT2D eigenvalue weighted by atomic mass is 9.97. The highest BCUT2D eigenvalue weighted by atomic mass is 16.5. The summed E-state index contributed by atoms with van der Waals surface area (Å²) in [5, 5.41) is 9.18. The molecule has 1 fully saturated rings. The van der Waals surface area contributed by atoms with Gasteiger partial charge in [0, 0.05) is 19.6 Å². The second-order valence-electron chi connectivity index (χ2n) is 4.75. The number of benzene rings is 1. The number of carboxylic acid groups (broad SMARTS) is 1. The van der Waals surface area contributed by atoms with E-state index < -0.39 is 23.8 Å². The summed E-state index contributed by atoms with van der Waals surface area (Å²) in [5.74, 6) is -2.64. The number of ether oxygens (including phenoxy) is 1. The number of carboxylic acids is 1. The van der Waals surface area contributed by atoms with Crippen LogP contribution < -0.4 is 0 Å². The van der Waals surface area contributed by atoms with E-state index in [0.29, 0.717) is 19.6 Å². The number of likely N-dealkylation sites (tertiary alicyclic amines) is 1. The van der Waals surface area contributed by atoms with Gasteiger partial charge in [0.15, 0.2) is 0 Å². The lowest BCUT2D eigenvalue weighted by Gasteiger charge is -2.15. The summed E-state index contributed by atoms with van der Waals surface area (Å²) in [7, 11) is 1.29. The van der Waals surface area contributed by atoms with Crippen LogP contribution >= 0.6 is 0 Å². The smallest absolute Gasteiger partial charge is 0.310 e. The molecular formula is C14H17NO4. The Balaban J connectivity index is 2.05. The number of rotatable bonds is 4. The molecule has 0 unspecified atom stereocenters. The van der Waals surface area contributed by atoms with Gasteiger partial charge in [-0.05, 0) is 5.56 Å². The van der Waals surface area contributed by atoms with Crippen LogP contribution in [0.3, 0.4) is 0 Å². The monoisotopic (exact) mass is 263 g/mol. The van der Waals surface area contributed by atoms with Crippen molar-refractivity contribution in [3.8, 4) is 0 Å². The van der Waals surface area contributed by atoms with Gasteiger partial charge in [-0.15, -0.1) is 0 Å². The van der Waals surface area contributed by atoms with Crippen molar-refractivity contribution in [3.63, 3.8) is 0 Å². The first-order valence-corrected chi connectivity index (χ1v) is 6.18. The minimum absolute atomic E-state index is 0.379. The molecule has 1 N–H and O–H groups in total. The first kappa shape index (κ1) is 13.5. The van der Waals surface area contributed by atoms with Gasteiger partial charge in [-0.2, -0.15) is 0 Å². The highest BCUT2D eigenvalue weighted by Gasteiger charge is 2.42. The van der Waals surface area contributed by atoms with Crippen molar-refractivity contribution >= 4 is 11.9 Å². The highest BCUT2D eigenvalue weighted by molar-refractivity contribution is 5.82. The maximum Gasteiger partial charge on any atom is 0.310 e. The molecule has 0 aliphatic carbocycles. The van der Waals surface area contributed by atoms with Gasteiger partial charge >= 0.3 is 11.9 Å². The molecule has 2 rings (SSSR count). The molecule has 1 aliphatic rings. The van der Waals surface area contributed by atoms with E-state index in [1.807, 2.05) is 35.2 Å². The number of nitrogens with zero attached hydrogens (tertiary/aromatic N) is 1. The number of methoxy groups -OCH3 is 1. The van der Waals surface area contributed by atoms with Gasteiger partial charge in [0.05, 0.1) is 18.9 Å². The van der Waals surface area contributed by atoms with Gasteiger partial charge in [-0.25, -0.2) is 0 Å². The van der Waals surface area contributed by atoms with Crippen molar-refractivity contribution in [1.82, 2.24) is 4.90 Å². The zero-order chi connectivity index (χ0) is 13.8. The summed E-state index contributed by atoms with van der Waals surface area (Å²) in [6.07, 6.45) is 0. The maximum atomic E-state index is 11.6. The number of hydrogen-bond acceptors (Lipinski definition) is 4. The van der Waals surface area contributed by atoms with E-state index in [-0.39, 0.29) is 0 Å². The summed E-state index contributed by atoms with van der Waals surface area (Å²) >= 11 is 0. The number of aliphatic carboxylic acids is 1. The summed E-state index contributed by atoms with van der Waals surface area (Å²) in [4.78, 5) is 24.8. The van der Waals surface area contributed by atoms with Crippen molar-refractivity contribution in [1.29, 1.82) is 0 Å². The summed E-state index contributed by atoms with van der Waals surface area (Å²) in [5.41, 5.74) is 1.11. The fraction of sp³-hybridized carbons (Fsp3) is 0.429. The third kappa shape index (κ3) is 3.12. The lowest BCUT2D eigenvalue weighted by molar-refractivity contribution is -0.153. The second-order valence-corrected chi connectivity index (χ2v) is 4.75. The third-order valence-electron chi connectivity index (χ3n) is 3.47. The average molecular weight is 263 g/mol. The topological polar surface area (TPSA) is 66.8 Å². The molecule has 0 aromatic heterocycles. The molecule has 1 heterocycles. The molecule has 0 saturated carbocycles. The summed E-state index contributed by atoms with van der Waals surface area (Å²) in [6, 6.07) is 9.79. The van der Waals surface area contributed by atoms with Gasteiger partial charge in [-0.1, -0.05) is 30.3 Å². The van der Waals surface area contributed by atoms with Gasteiger partial charge in [0.2, 0.25) is 0 Å². The summed E-state index contributed by atoms with van der Waals surface area (Å²) in [6.45, 7) is 1.46. The zero-order valence-electron chi connectivity index (χ0n) is 10.8. The van der Waals surface area contributed by atoms with Gasteiger partial charge in [-0.3, -0.25) is 14.5 Å². The van der Waals surface area contributed by atoms with Gasteiger partial charge < -0.3 is 9.84 Å². The van der Waals surface area contributed by atoms with Crippen molar-refractivity contribution in [2.24, 2.45) is 11.8 Å². The SMILES string of the molecule is COC(=O)[C@H]1CN(Cc2ccccc2)C[C@@H]1C(=O)O. The Morgan fingerprint density at radius 3 is 2.47 bits per heavy atom. The molecule has 1 saturated heterocycles. The van der Waals surface area contributed by atoms with E-state index in [9.17, 15) is 14.7 Å². The van der Waals surface area contributed by atoms with Crippen molar-refractivity contribution in [3.05, 3.63) is 35.9 Å². The van der Waals surface area contributed by atoms with E-state index in [1.165, 1.54) is 7.11 Å². The zero-order valence-corrected chi connectivity index (χ0v) is 10.8. The van der Waals surface area contributed by atoms with Crippen LogP contribution in [0.4, 0.5) is 0 Å². The Morgan fingerprint density at radius 1 is 1.26 bits per heavy atom. The van der Waals surface area contributed by atoms with Gasteiger partial charge in [0.25, 0.3) is 0 Å². The van der Waals surface area contributed by atoms with Crippen LogP contribution in [0.1, 0.15) is 5.56 Å². The van der Waals surface area contributed by atoms with E-state index in [4.69, 9.17) is 0 Å². The van der Waals surface area contributed by atoms with Crippen molar-refractivity contribution in [2.45, 2.75) is 6.54 Å². The number of esters is 1. The Kier molecular flexibility index (Phi) is 4.16. The first-order chi connectivity index (χ1) is 9.11. The van der Waals surface area contributed by atoms with Crippen LogP contribution in [0.25, 0.3) is 0 Å². The molecule has 0 amide bonds.